The molecule has 0 aliphatic carbocycles. The largest absolute Gasteiger partial charge is 0.508 e. The first-order valence-corrected chi connectivity index (χ1v) is 5.64. The zero-order valence-electron chi connectivity index (χ0n) is 10.6. The van der Waals surface area contributed by atoms with E-state index >= 15 is 0 Å². The molecule has 0 unspecified atom stereocenters. The smallest absolute Gasteiger partial charge is 0.226 e. The van der Waals surface area contributed by atoms with Crippen LogP contribution in [0.25, 0.3) is 0 Å². The number of amides is 1. The zero-order valence-corrected chi connectivity index (χ0v) is 10.6. The normalized spacial score (nSPS) is 11.3. The number of phenolic OH excluding ortho intramolecular Hbond substituents is 1. The third-order valence-corrected chi connectivity index (χ3v) is 2.57. The summed E-state index contributed by atoms with van der Waals surface area (Å²) in [5.41, 5.74) is 6.18. The van der Waals surface area contributed by atoms with Crippen LogP contribution in [0.3, 0.4) is 0 Å². The van der Waals surface area contributed by atoms with Gasteiger partial charge in [0.2, 0.25) is 5.91 Å². The number of hydrogen-bond donors (Lipinski definition) is 2. The Morgan fingerprint density at radius 3 is 2.65 bits per heavy atom. The van der Waals surface area contributed by atoms with Crippen molar-refractivity contribution in [1.82, 2.24) is 0 Å². The summed E-state index contributed by atoms with van der Waals surface area (Å²) in [6.07, 6.45) is 1.03. The van der Waals surface area contributed by atoms with E-state index in [4.69, 9.17) is 5.73 Å². The molecule has 0 atom stereocenters. The number of nitrogens with two attached hydrogens (primary N) is 1. The number of hydrogen-bond acceptors (Lipinski definition) is 3. The quantitative estimate of drug-likeness (QED) is 0.838. The van der Waals surface area contributed by atoms with Gasteiger partial charge in [0.25, 0.3) is 0 Å². The van der Waals surface area contributed by atoms with Crippen LogP contribution in [0.4, 0.5) is 5.69 Å². The molecule has 0 aliphatic heterocycles. The van der Waals surface area contributed by atoms with Crippen molar-refractivity contribution in [2.24, 2.45) is 5.73 Å². The van der Waals surface area contributed by atoms with Crippen molar-refractivity contribution in [1.29, 1.82) is 0 Å². The van der Waals surface area contributed by atoms with Gasteiger partial charge in [-0.25, -0.2) is 0 Å². The van der Waals surface area contributed by atoms with E-state index in [-0.39, 0.29) is 17.2 Å². The molecule has 0 radical (unpaired) electrons. The van der Waals surface area contributed by atoms with Gasteiger partial charge in [0.15, 0.2) is 0 Å². The maximum absolute atomic E-state index is 11.9. The van der Waals surface area contributed by atoms with Crippen LogP contribution in [-0.4, -0.2) is 23.6 Å². The van der Waals surface area contributed by atoms with Crippen LogP contribution in [0.2, 0.25) is 0 Å². The minimum absolute atomic E-state index is 0.00544. The van der Waals surface area contributed by atoms with Gasteiger partial charge >= 0.3 is 0 Å². The topological polar surface area (TPSA) is 66.6 Å². The van der Waals surface area contributed by atoms with E-state index in [1.807, 2.05) is 13.8 Å². The van der Waals surface area contributed by atoms with Gasteiger partial charge in [-0.3, -0.25) is 4.79 Å². The maximum atomic E-state index is 11.9. The Morgan fingerprint density at radius 1 is 1.47 bits per heavy atom. The molecule has 4 nitrogen and oxygen atoms in total. The lowest BCUT2D eigenvalue weighted by molar-refractivity contribution is -0.118. The van der Waals surface area contributed by atoms with Crippen LogP contribution in [0.5, 0.6) is 5.75 Å². The van der Waals surface area contributed by atoms with Crippen LogP contribution in [0.15, 0.2) is 24.3 Å². The number of benzene rings is 1. The number of nitrogens with zero attached hydrogens (tertiary/aromatic N) is 1. The molecule has 0 aliphatic rings. The van der Waals surface area contributed by atoms with E-state index in [0.29, 0.717) is 18.5 Å². The predicted octanol–water partition coefficient (Wildman–Crippen LogP) is 1.87. The molecule has 94 valence electrons. The number of carbonyl (C=O) groups excluding carboxylic acids is 1. The first kappa shape index (κ1) is 13.5. The number of rotatable bonds is 4. The lowest BCUT2D eigenvalue weighted by atomic mass is 10.00. The second-order valence-electron chi connectivity index (χ2n) is 4.96. The van der Waals surface area contributed by atoms with Gasteiger partial charge in [0.1, 0.15) is 5.75 Å². The summed E-state index contributed by atoms with van der Waals surface area (Å²) < 4.78 is 0. The van der Waals surface area contributed by atoms with Crippen molar-refractivity contribution in [3.8, 4) is 5.75 Å². The van der Waals surface area contributed by atoms with Crippen molar-refractivity contribution < 1.29 is 9.90 Å². The van der Waals surface area contributed by atoms with Crippen molar-refractivity contribution in [2.45, 2.75) is 32.2 Å². The molecule has 0 saturated heterocycles. The minimum atomic E-state index is -0.338. The molecule has 0 spiro atoms. The Bertz CT molecular complexity index is 397. The first-order chi connectivity index (χ1) is 7.79. The van der Waals surface area contributed by atoms with Gasteiger partial charge < -0.3 is 15.7 Å². The summed E-state index contributed by atoms with van der Waals surface area (Å²) in [5, 5.41) is 9.34. The molecule has 4 heteroatoms. The summed E-state index contributed by atoms with van der Waals surface area (Å²) in [7, 11) is 1.70. The highest BCUT2D eigenvalue weighted by Gasteiger charge is 2.16. The summed E-state index contributed by atoms with van der Waals surface area (Å²) in [5.74, 6) is 0.149. The highest BCUT2D eigenvalue weighted by molar-refractivity contribution is 5.92. The highest BCUT2D eigenvalue weighted by atomic mass is 16.3. The monoisotopic (exact) mass is 236 g/mol. The average molecular weight is 236 g/mol. The fourth-order valence-corrected chi connectivity index (χ4v) is 1.44. The molecule has 1 aromatic rings. The van der Waals surface area contributed by atoms with Crippen LogP contribution >= 0.6 is 0 Å². The number of aromatic hydroxyl groups is 1. The molecule has 0 heterocycles. The minimum Gasteiger partial charge on any atom is -0.508 e. The number of anilines is 1. The Morgan fingerprint density at radius 2 is 2.12 bits per heavy atom. The maximum Gasteiger partial charge on any atom is 0.226 e. The van der Waals surface area contributed by atoms with Gasteiger partial charge in [0.05, 0.1) is 0 Å². The van der Waals surface area contributed by atoms with Crippen molar-refractivity contribution in [3.05, 3.63) is 24.3 Å². The molecule has 0 fully saturated rings. The third-order valence-electron chi connectivity index (χ3n) is 2.57. The van der Waals surface area contributed by atoms with E-state index in [1.54, 1.807) is 31.3 Å². The van der Waals surface area contributed by atoms with Crippen molar-refractivity contribution in [2.75, 3.05) is 11.9 Å². The van der Waals surface area contributed by atoms with Crippen LogP contribution in [-0.2, 0) is 4.79 Å². The SMILES string of the molecule is CN(C(=O)CCC(C)(C)N)c1cccc(O)c1. The zero-order chi connectivity index (χ0) is 13.1. The Kier molecular flexibility index (Phi) is 4.12. The Balaban J connectivity index is 2.64. The van der Waals surface area contributed by atoms with E-state index < -0.39 is 0 Å². The van der Waals surface area contributed by atoms with Gasteiger partial charge in [-0.05, 0) is 32.4 Å². The van der Waals surface area contributed by atoms with Crippen LogP contribution < -0.4 is 10.6 Å². The fourth-order valence-electron chi connectivity index (χ4n) is 1.44. The molecular weight excluding hydrogens is 216 g/mol. The second kappa shape index (κ2) is 5.19. The lowest BCUT2D eigenvalue weighted by Gasteiger charge is -2.21. The second-order valence-corrected chi connectivity index (χ2v) is 4.96. The summed E-state index contributed by atoms with van der Waals surface area (Å²) >= 11 is 0. The molecular formula is C13H20N2O2. The third kappa shape index (κ3) is 4.44. The highest BCUT2D eigenvalue weighted by Crippen LogP contribution is 2.20. The molecule has 0 saturated carbocycles. The average Bonchev–Trinajstić information content (AvgIpc) is 2.24. The number of phenols is 1. The molecule has 3 N–H and O–H groups in total. The van der Waals surface area contributed by atoms with Gasteiger partial charge in [0, 0.05) is 30.8 Å². The molecule has 1 aromatic carbocycles. The van der Waals surface area contributed by atoms with Crippen molar-refractivity contribution in [3.63, 3.8) is 0 Å². The standard InChI is InChI=1S/C13H20N2O2/c1-13(2,14)8-7-12(17)15(3)10-5-4-6-11(16)9-10/h4-6,9,16H,7-8,14H2,1-3H3. The fraction of sp³-hybridized carbons (Fsp3) is 0.462. The molecule has 1 amide bonds. The summed E-state index contributed by atoms with van der Waals surface area (Å²) in [4.78, 5) is 13.4. The lowest BCUT2D eigenvalue weighted by Crippen LogP contribution is -2.35. The Hall–Kier alpha value is -1.55. The molecule has 1 rings (SSSR count). The van der Waals surface area contributed by atoms with Crippen molar-refractivity contribution >= 4 is 11.6 Å². The van der Waals surface area contributed by atoms with Gasteiger partial charge in [-0.2, -0.15) is 0 Å². The summed E-state index contributed by atoms with van der Waals surface area (Å²) in [6, 6.07) is 6.63. The van der Waals surface area contributed by atoms with E-state index in [9.17, 15) is 9.90 Å². The van der Waals surface area contributed by atoms with E-state index in [2.05, 4.69) is 0 Å². The number of carbonyl (C=O) groups is 1. The predicted molar refractivity (Wildman–Crippen MR) is 69.0 cm³/mol. The van der Waals surface area contributed by atoms with Crippen LogP contribution in [0, 0.1) is 0 Å². The molecule has 0 aromatic heterocycles. The molecule has 0 bridgehead atoms. The van der Waals surface area contributed by atoms with Gasteiger partial charge in [-0.1, -0.05) is 6.07 Å². The summed E-state index contributed by atoms with van der Waals surface area (Å²) in [6.45, 7) is 3.79. The van der Waals surface area contributed by atoms with E-state index in [0.717, 1.165) is 0 Å². The van der Waals surface area contributed by atoms with E-state index in [1.165, 1.54) is 4.90 Å². The van der Waals surface area contributed by atoms with Crippen LogP contribution in [0.1, 0.15) is 26.7 Å². The molecule has 17 heavy (non-hydrogen) atoms. The Labute approximate surface area is 102 Å². The van der Waals surface area contributed by atoms with Gasteiger partial charge in [-0.15, -0.1) is 0 Å². The first-order valence-electron chi connectivity index (χ1n) is 5.64.